The number of benzene rings is 1. The Morgan fingerprint density at radius 1 is 1.14 bits per heavy atom. The quantitative estimate of drug-likeness (QED) is 0.754. The zero-order valence-electron chi connectivity index (χ0n) is 13.6. The lowest BCUT2D eigenvalue weighted by Crippen LogP contribution is -2.36. The maximum atomic E-state index is 5.90. The molecule has 21 heavy (non-hydrogen) atoms. The van der Waals surface area contributed by atoms with Gasteiger partial charge in [0.1, 0.15) is 12.4 Å². The fourth-order valence-electron chi connectivity index (χ4n) is 3.12. The Balaban J connectivity index is 1.71. The summed E-state index contributed by atoms with van der Waals surface area (Å²) in [4.78, 5) is 2.58. The molecule has 0 bridgehead atoms. The molecule has 1 fully saturated rings. The predicted octanol–water partition coefficient (Wildman–Crippen LogP) is 3.44. The van der Waals surface area contributed by atoms with E-state index in [-0.39, 0.29) is 0 Å². The van der Waals surface area contributed by atoms with Gasteiger partial charge in [-0.2, -0.15) is 0 Å². The standard InChI is InChI=1S/C18H30N2O/c1-3-19-15-16-9-11-18(12-10-16)21-14-13-20(4-2)17-7-5-6-8-17/h9-12,17,19H,3-8,13-15H2,1-2H3. The lowest BCUT2D eigenvalue weighted by Gasteiger charge is -2.27. The molecular weight excluding hydrogens is 260 g/mol. The maximum Gasteiger partial charge on any atom is 0.119 e. The summed E-state index contributed by atoms with van der Waals surface area (Å²) in [5.41, 5.74) is 1.31. The van der Waals surface area contributed by atoms with Crippen molar-refractivity contribution in [2.45, 2.75) is 52.1 Å². The van der Waals surface area contributed by atoms with Crippen LogP contribution in [0.5, 0.6) is 5.75 Å². The first-order valence-corrected chi connectivity index (χ1v) is 8.50. The first-order valence-electron chi connectivity index (χ1n) is 8.50. The molecular formula is C18H30N2O. The third-order valence-corrected chi connectivity index (χ3v) is 4.40. The predicted molar refractivity (Wildman–Crippen MR) is 88.8 cm³/mol. The van der Waals surface area contributed by atoms with Crippen molar-refractivity contribution >= 4 is 0 Å². The summed E-state index contributed by atoms with van der Waals surface area (Å²) >= 11 is 0. The Labute approximate surface area is 129 Å². The van der Waals surface area contributed by atoms with Crippen molar-refractivity contribution in [2.24, 2.45) is 0 Å². The number of rotatable bonds is 9. The van der Waals surface area contributed by atoms with Crippen LogP contribution >= 0.6 is 0 Å². The third-order valence-electron chi connectivity index (χ3n) is 4.40. The highest BCUT2D eigenvalue weighted by Gasteiger charge is 2.20. The van der Waals surface area contributed by atoms with E-state index in [2.05, 4.69) is 48.3 Å². The molecule has 0 atom stereocenters. The molecule has 0 saturated heterocycles. The maximum absolute atomic E-state index is 5.90. The molecule has 0 heterocycles. The van der Waals surface area contributed by atoms with Crippen LogP contribution in [-0.4, -0.2) is 37.2 Å². The second-order valence-electron chi connectivity index (χ2n) is 5.84. The summed E-state index contributed by atoms with van der Waals surface area (Å²) < 4.78 is 5.90. The summed E-state index contributed by atoms with van der Waals surface area (Å²) in [6.45, 7) is 9.29. The Hall–Kier alpha value is -1.06. The summed E-state index contributed by atoms with van der Waals surface area (Å²) in [7, 11) is 0. The van der Waals surface area contributed by atoms with E-state index in [1.54, 1.807) is 0 Å². The molecule has 1 aliphatic carbocycles. The number of nitrogens with zero attached hydrogens (tertiary/aromatic N) is 1. The summed E-state index contributed by atoms with van der Waals surface area (Å²) in [5.74, 6) is 0.984. The highest BCUT2D eigenvalue weighted by atomic mass is 16.5. The topological polar surface area (TPSA) is 24.5 Å². The normalized spacial score (nSPS) is 15.8. The summed E-state index contributed by atoms with van der Waals surface area (Å²) in [6, 6.07) is 9.25. The molecule has 0 aliphatic heterocycles. The van der Waals surface area contributed by atoms with Crippen LogP contribution in [0.4, 0.5) is 0 Å². The van der Waals surface area contributed by atoms with Crippen molar-refractivity contribution in [1.29, 1.82) is 0 Å². The van der Waals surface area contributed by atoms with Gasteiger partial charge in [0.2, 0.25) is 0 Å². The fourth-order valence-corrected chi connectivity index (χ4v) is 3.12. The summed E-state index contributed by atoms with van der Waals surface area (Å²) in [5, 5.41) is 3.33. The molecule has 2 rings (SSSR count). The molecule has 1 saturated carbocycles. The number of likely N-dealkylation sites (N-methyl/N-ethyl adjacent to an activating group) is 1. The van der Waals surface area contributed by atoms with Gasteiger partial charge in [0, 0.05) is 19.1 Å². The van der Waals surface area contributed by atoms with Gasteiger partial charge in [-0.1, -0.05) is 38.8 Å². The minimum Gasteiger partial charge on any atom is -0.492 e. The molecule has 3 heteroatoms. The van der Waals surface area contributed by atoms with Crippen molar-refractivity contribution in [3.05, 3.63) is 29.8 Å². The van der Waals surface area contributed by atoms with Crippen LogP contribution in [0.3, 0.4) is 0 Å². The average molecular weight is 290 g/mol. The van der Waals surface area contributed by atoms with Gasteiger partial charge in [-0.05, 0) is 43.6 Å². The molecule has 0 unspecified atom stereocenters. The van der Waals surface area contributed by atoms with Gasteiger partial charge in [-0.3, -0.25) is 4.90 Å². The molecule has 118 valence electrons. The van der Waals surface area contributed by atoms with Crippen molar-refractivity contribution in [1.82, 2.24) is 10.2 Å². The van der Waals surface area contributed by atoms with Gasteiger partial charge >= 0.3 is 0 Å². The fraction of sp³-hybridized carbons (Fsp3) is 0.667. The van der Waals surface area contributed by atoms with Gasteiger partial charge in [-0.25, -0.2) is 0 Å². The largest absolute Gasteiger partial charge is 0.492 e. The van der Waals surface area contributed by atoms with E-state index in [4.69, 9.17) is 4.74 Å². The van der Waals surface area contributed by atoms with Gasteiger partial charge < -0.3 is 10.1 Å². The second kappa shape index (κ2) is 9.06. The van der Waals surface area contributed by atoms with E-state index in [1.807, 2.05) is 0 Å². The van der Waals surface area contributed by atoms with E-state index in [0.717, 1.165) is 44.6 Å². The number of ether oxygens (including phenoxy) is 1. The average Bonchev–Trinajstić information content (AvgIpc) is 3.05. The van der Waals surface area contributed by atoms with Crippen molar-refractivity contribution < 1.29 is 4.74 Å². The second-order valence-corrected chi connectivity index (χ2v) is 5.84. The van der Waals surface area contributed by atoms with Crippen LogP contribution in [0.2, 0.25) is 0 Å². The zero-order valence-corrected chi connectivity index (χ0v) is 13.6. The minimum atomic E-state index is 0.789. The molecule has 3 nitrogen and oxygen atoms in total. The van der Waals surface area contributed by atoms with E-state index in [1.165, 1.54) is 31.2 Å². The van der Waals surface area contributed by atoms with Crippen LogP contribution in [0.15, 0.2) is 24.3 Å². The molecule has 1 aromatic rings. The van der Waals surface area contributed by atoms with Crippen LogP contribution in [0.1, 0.15) is 45.1 Å². The van der Waals surface area contributed by atoms with Crippen molar-refractivity contribution in [3.8, 4) is 5.75 Å². The van der Waals surface area contributed by atoms with Gasteiger partial charge in [-0.15, -0.1) is 0 Å². The van der Waals surface area contributed by atoms with Gasteiger partial charge in [0.05, 0.1) is 0 Å². The van der Waals surface area contributed by atoms with E-state index >= 15 is 0 Å². The molecule has 0 amide bonds. The molecule has 1 aromatic carbocycles. The smallest absolute Gasteiger partial charge is 0.119 e. The highest BCUT2D eigenvalue weighted by molar-refractivity contribution is 5.27. The molecule has 1 aliphatic rings. The third kappa shape index (κ3) is 5.33. The van der Waals surface area contributed by atoms with Crippen molar-refractivity contribution in [3.63, 3.8) is 0 Å². The van der Waals surface area contributed by atoms with Gasteiger partial charge in [0.25, 0.3) is 0 Å². The van der Waals surface area contributed by atoms with Crippen LogP contribution in [0.25, 0.3) is 0 Å². The highest BCUT2D eigenvalue weighted by Crippen LogP contribution is 2.23. The van der Waals surface area contributed by atoms with Crippen molar-refractivity contribution in [2.75, 3.05) is 26.2 Å². The van der Waals surface area contributed by atoms with E-state index < -0.39 is 0 Å². The summed E-state index contributed by atoms with van der Waals surface area (Å²) in [6.07, 6.45) is 5.53. The Morgan fingerprint density at radius 2 is 1.86 bits per heavy atom. The van der Waals surface area contributed by atoms with Gasteiger partial charge in [0.15, 0.2) is 0 Å². The monoisotopic (exact) mass is 290 g/mol. The lowest BCUT2D eigenvalue weighted by molar-refractivity contribution is 0.168. The van der Waals surface area contributed by atoms with E-state index in [0.29, 0.717) is 0 Å². The molecule has 0 aromatic heterocycles. The van der Waals surface area contributed by atoms with E-state index in [9.17, 15) is 0 Å². The first-order chi connectivity index (χ1) is 10.3. The Morgan fingerprint density at radius 3 is 2.48 bits per heavy atom. The number of nitrogens with one attached hydrogen (secondary N) is 1. The Kier molecular flexibility index (Phi) is 7.04. The molecule has 0 spiro atoms. The number of hydrogen-bond donors (Lipinski definition) is 1. The number of hydrogen-bond acceptors (Lipinski definition) is 3. The van der Waals surface area contributed by atoms with Crippen LogP contribution in [-0.2, 0) is 6.54 Å². The Bertz CT molecular complexity index is 385. The van der Waals surface area contributed by atoms with Crippen LogP contribution < -0.4 is 10.1 Å². The molecule has 0 radical (unpaired) electrons. The SMILES string of the molecule is CCNCc1ccc(OCCN(CC)C2CCCC2)cc1. The minimum absolute atomic E-state index is 0.789. The lowest BCUT2D eigenvalue weighted by atomic mass is 10.2. The first kappa shape index (κ1) is 16.3. The van der Waals surface area contributed by atoms with Crippen LogP contribution in [0, 0.1) is 0 Å². The zero-order chi connectivity index (χ0) is 14.9. The molecule has 1 N–H and O–H groups in total.